The highest BCUT2D eigenvalue weighted by Gasteiger charge is 2.38. The summed E-state index contributed by atoms with van der Waals surface area (Å²) >= 11 is 0. The SMILES string of the molecule is C[C@@H]1[C@H](Cn2cnc3ccccc32)O[C@H](c2cccc(-c3cccc(CNC(=O)Nc4ccc(Oc5ccccc5)cc4)c3)c2)O[C@@H]1c1ccc(CO)cc1. The number of nitrogens with zero attached hydrogens (tertiary/aromatic N) is 2. The third-order valence-electron chi connectivity index (χ3n) is 9.99. The second-order valence-electron chi connectivity index (χ2n) is 13.8. The lowest BCUT2D eigenvalue weighted by Gasteiger charge is -2.41. The normalized spacial score (nSPS) is 18.1. The standard InChI is InChI=1S/C46H42N4O5/c1-31-43(28-50-30-48-41-15-5-6-16-42(41)50)54-45(55-44(31)34-19-17-32(29-51)18-20-34)37-12-8-11-36(26-37)35-10-7-9-33(25-35)27-47-46(52)49-38-21-23-40(24-22-38)53-39-13-3-2-4-14-39/h2-26,30-31,43-45,51H,27-29H2,1H3,(H2,47,49,52)/t31-,43+,44+,45+/m1/s1. The van der Waals surface area contributed by atoms with E-state index in [1.54, 1.807) is 0 Å². The monoisotopic (exact) mass is 730 g/mol. The lowest BCUT2D eigenvalue weighted by molar-refractivity contribution is -0.276. The van der Waals surface area contributed by atoms with Gasteiger partial charge in [-0.25, -0.2) is 9.78 Å². The molecule has 4 atom stereocenters. The van der Waals surface area contributed by atoms with Crippen molar-refractivity contribution in [1.29, 1.82) is 0 Å². The smallest absolute Gasteiger partial charge is 0.319 e. The van der Waals surface area contributed by atoms with Gasteiger partial charge in [-0.05, 0) is 88.5 Å². The van der Waals surface area contributed by atoms with Crippen LogP contribution in [0.2, 0.25) is 0 Å². The average Bonchev–Trinajstić information content (AvgIpc) is 3.64. The number of para-hydroxylation sites is 3. The van der Waals surface area contributed by atoms with Crippen molar-refractivity contribution in [2.45, 2.75) is 45.1 Å². The Morgan fingerprint density at radius 1 is 0.745 bits per heavy atom. The number of carbonyl (C=O) groups is 1. The van der Waals surface area contributed by atoms with Crippen LogP contribution in [0, 0.1) is 5.92 Å². The minimum atomic E-state index is -0.619. The quantitative estimate of drug-likeness (QED) is 0.122. The molecule has 6 aromatic carbocycles. The first-order chi connectivity index (χ1) is 27.0. The molecule has 0 radical (unpaired) electrons. The van der Waals surface area contributed by atoms with Crippen LogP contribution in [0.3, 0.4) is 0 Å². The summed E-state index contributed by atoms with van der Waals surface area (Å²) in [5.41, 5.74) is 8.44. The van der Waals surface area contributed by atoms with Crippen LogP contribution in [-0.2, 0) is 29.2 Å². The number of amides is 2. The molecule has 0 bridgehead atoms. The van der Waals surface area contributed by atoms with Crippen LogP contribution in [0.25, 0.3) is 22.2 Å². The molecule has 9 heteroatoms. The van der Waals surface area contributed by atoms with Crippen LogP contribution in [0.5, 0.6) is 11.5 Å². The van der Waals surface area contributed by atoms with Crippen molar-refractivity contribution in [3.63, 3.8) is 0 Å². The van der Waals surface area contributed by atoms with Crippen molar-refractivity contribution in [2.24, 2.45) is 5.92 Å². The van der Waals surface area contributed by atoms with E-state index in [1.165, 1.54) is 0 Å². The predicted octanol–water partition coefficient (Wildman–Crippen LogP) is 9.80. The molecule has 276 valence electrons. The van der Waals surface area contributed by atoms with Crippen LogP contribution in [0.15, 0.2) is 158 Å². The largest absolute Gasteiger partial charge is 0.457 e. The van der Waals surface area contributed by atoms with Crippen LogP contribution >= 0.6 is 0 Å². The van der Waals surface area contributed by atoms with E-state index in [9.17, 15) is 9.90 Å². The van der Waals surface area contributed by atoms with Crippen molar-refractivity contribution in [3.8, 4) is 22.6 Å². The molecule has 0 unspecified atom stereocenters. The van der Waals surface area contributed by atoms with Crippen molar-refractivity contribution in [3.05, 3.63) is 180 Å². The van der Waals surface area contributed by atoms with Gasteiger partial charge in [0.15, 0.2) is 6.29 Å². The number of aliphatic hydroxyl groups excluding tert-OH is 1. The molecule has 2 amide bonds. The van der Waals surface area contributed by atoms with Crippen molar-refractivity contribution < 1.29 is 24.1 Å². The minimum absolute atomic E-state index is 0.0127. The van der Waals surface area contributed by atoms with Gasteiger partial charge in [-0.2, -0.15) is 0 Å². The molecular weight excluding hydrogens is 689 g/mol. The number of aliphatic hydroxyl groups is 1. The topological polar surface area (TPSA) is 107 Å². The Balaban J connectivity index is 0.960. The number of rotatable bonds is 11. The lowest BCUT2D eigenvalue weighted by atomic mass is 9.90. The number of urea groups is 1. The number of hydrogen-bond donors (Lipinski definition) is 3. The zero-order valence-electron chi connectivity index (χ0n) is 30.4. The number of nitrogens with one attached hydrogen (secondary N) is 2. The highest BCUT2D eigenvalue weighted by atomic mass is 16.7. The third-order valence-corrected chi connectivity index (χ3v) is 9.99. The number of hydrogen-bond acceptors (Lipinski definition) is 6. The molecule has 55 heavy (non-hydrogen) atoms. The summed E-state index contributed by atoms with van der Waals surface area (Å²) in [7, 11) is 0. The molecule has 1 aliphatic heterocycles. The molecule has 7 aromatic rings. The molecule has 0 spiro atoms. The van der Waals surface area contributed by atoms with E-state index in [4.69, 9.17) is 14.2 Å². The molecule has 1 aromatic heterocycles. The number of benzene rings is 6. The van der Waals surface area contributed by atoms with Gasteiger partial charge in [0.1, 0.15) is 11.5 Å². The summed E-state index contributed by atoms with van der Waals surface area (Å²) in [5, 5.41) is 15.5. The number of fused-ring (bicyclic) bond motifs is 1. The minimum Gasteiger partial charge on any atom is -0.457 e. The molecule has 9 nitrogen and oxygen atoms in total. The third kappa shape index (κ3) is 8.45. The summed E-state index contributed by atoms with van der Waals surface area (Å²) in [5.74, 6) is 1.46. The first-order valence-electron chi connectivity index (χ1n) is 18.5. The summed E-state index contributed by atoms with van der Waals surface area (Å²) in [6, 6.07) is 49.0. The van der Waals surface area contributed by atoms with Crippen LogP contribution in [-0.4, -0.2) is 26.8 Å². The molecular formula is C46H42N4O5. The zero-order chi connectivity index (χ0) is 37.6. The van der Waals surface area contributed by atoms with E-state index in [1.807, 2.05) is 128 Å². The highest BCUT2D eigenvalue weighted by Crippen LogP contribution is 2.43. The van der Waals surface area contributed by atoms with Crippen molar-refractivity contribution >= 4 is 22.8 Å². The van der Waals surface area contributed by atoms with Gasteiger partial charge >= 0.3 is 6.03 Å². The van der Waals surface area contributed by atoms with Gasteiger partial charge in [0.25, 0.3) is 0 Å². The van der Waals surface area contributed by atoms with Gasteiger partial charge in [0.2, 0.25) is 0 Å². The van der Waals surface area contributed by atoms with Gasteiger partial charge in [-0.15, -0.1) is 0 Å². The summed E-state index contributed by atoms with van der Waals surface area (Å²) < 4.78 is 21.6. The Labute approximate surface area is 320 Å². The molecule has 1 aliphatic rings. The molecule has 2 heterocycles. The lowest BCUT2D eigenvalue weighted by Crippen LogP contribution is -2.39. The average molecular weight is 731 g/mol. The Morgan fingerprint density at radius 3 is 2.27 bits per heavy atom. The number of anilines is 1. The maximum Gasteiger partial charge on any atom is 0.319 e. The number of imidazole rings is 1. The van der Waals surface area contributed by atoms with Gasteiger partial charge in [-0.1, -0.05) is 97.9 Å². The first kappa shape index (κ1) is 35.8. The van der Waals surface area contributed by atoms with Crippen LogP contribution in [0.1, 0.15) is 41.6 Å². The maximum atomic E-state index is 12.8. The van der Waals surface area contributed by atoms with E-state index in [0.717, 1.165) is 50.2 Å². The van der Waals surface area contributed by atoms with Gasteiger partial charge in [0.05, 0.1) is 42.7 Å². The van der Waals surface area contributed by atoms with Gasteiger partial charge < -0.3 is 34.5 Å². The Morgan fingerprint density at radius 2 is 1.47 bits per heavy atom. The summed E-state index contributed by atoms with van der Waals surface area (Å²) in [6.45, 7) is 3.12. The molecule has 0 aliphatic carbocycles. The summed E-state index contributed by atoms with van der Waals surface area (Å²) in [6.07, 6.45) is 0.841. The van der Waals surface area contributed by atoms with Gasteiger partial charge in [0, 0.05) is 23.7 Å². The molecule has 1 saturated heterocycles. The fourth-order valence-electron chi connectivity index (χ4n) is 6.99. The van der Waals surface area contributed by atoms with Crippen molar-refractivity contribution in [1.82, 2.24) is 14.9 Å². The highest BCUT2D eigenvalue weighted by molar-refractivity contribution is 5.89. The second-order valence-corrected chi connectivity index (χ2v) is 13.8. The molecule has 3 N–H and O–H groups in total. The predicted molar refractivity (Wildman–Crippen MR) is 213 cm³/mol. The van der Waals surface area contributed by atoms with Gasteiger partial charge in [-0.3, -0.25) is 0 Å². The van der Waals surface area contributed by atoms with E-state index in [-0.39, 0.29) is 30.8 Å². The number of aromatic nitrogens is 2. The van der Waals surface area contributed by atoms with Crippen LogP contribution < -0.4 is 15.4 Å². The fourth-order valence-corrected chi connectivity index (χ4v) is 6.99. The van der Waals surface area contributed by atoms with Crippen LogP contribution in [0.4, 0.5) is 10.5 Å². The Kier molecular flexibility index (Phi) is 10.7. The van der Waals surface area contributed by atoms with E-state index in [0.29, 0.717) is 24.5 Å². The van der Waals surface area contributed by atoms with Crippen molar-refractivity contribution in [2.75, 3.05) is 5.32 Å². The molecule has 8 rings (SSSR count). The first-order valence-corrected chi connectivity index (χ1v) is 18.5. The summed E-state index contributed by atoms with van der Waals surface area (Å²) in [4.78, 5) is 17.4. The zero-order valence-corrected chi connectivity index (χ0v) is 30.4. The maximum absolute atomic E-state index is 12.8. The molecule has 0 saturated carbocycles. The van der Waals surface area contributed by atoms with E-state index in [2.05, 4.69) is 57.4 Å². The fraction of sp³-hybridized carbons (Fsp3) is 0.174. The Bertz CT molecular complexity index is 2360. The number of ether oxygens (including phenoxy) is 3. The Hall–Kier alpha value is -6.26. The molecule has 1 fully saturated rings. The number of carbonyl (C=O) groups excluding carboxylic acids is 1. The second kappa shape index (κ2) is 16.4. The van der Waals surface area contributed by atoms with E-state index < -0.39 is 6.29 Å². The van der Waals surface area contributed by atoms with E-state index >= 15 is 0 Å².